The van der Waals surface area contributed by atoms with Crippen molar-refractivity contribution in [2.24, 2.45) is 5.92 Å². The van der Waals surface area contributed by atoms with E-state index in [0.29, 0.717) is 18.1 Å². The molecule has 34 heavy (non-hydrogen) atoms. The molecule has 0 radical (unpaired) electrons. The van der Waals surface area contributed by atoms with Crippen molar-refractivity contribution in [2.45, 2.75) is 70.6 Å². The summed E-state index contributed by atoms with van der Waals surface area (Å²) in [6.07, 6.45) is 0.289. The lowest BCUT2D eigenvalue weighted by molar-refractivity contribution is -0.139. The summed E-state index contributed by atoms with van der Waals surface area (Å²) in [7, 11) is 0. The monoisotopic (exact) mass is 480 g/mol. The zero-order valence-electron chi connectivity index (χ0n) is 19.6. The predicted octanol–water partition coefficient (Wildman–Crippen LogP) is 5.97. The summed E-state index contributed by atoms with van der Waals surface area (Å²) in [6.45, 7) is 5.16. The molecule has 1 fully saturated rings. The lowest BCUT2D eigenvalue weighted by atomic mass is 9.91. The summed E-state index contributed by atoms with van der Waals surface area (Å²) in [6, 6.07) is 5.60. The molecule has 1 aromatic heterocycles. The number of amides is 1. The molecule has 1 aromatic carbocycles. The average molecular weight is 481 g/mol. The Labute approximate surface area is 197 Å². The van der Waals surface area contributed by atoms with Crippen LogP contribution in [0.5, 0.6) is 5.75 Å². The largest absolute Gasteiger partial charge is 0.491 e. The molecule has 0 spiro atoms. The molecular weight excluding hydrogens is 449 g/mol. The molecule has 1 unspecified atom stereocenters. The van der Waals surface area contributed by atoms with Crippen LogP contribution in [0.15, 0.2) is 30.5 Å². The van der Waals surface area contributed by atoms with Crippen molar-refractivity contribution in [2.75, 3.05) is 11.9 Å². The first-order valence-electron chi connectivity index (χ1n) is 11.4. The quantitative estimate of drug-likeness (QED) is 0.409. The van der Waals surface area contributed by atoms with Crippen LogP contribution in [0, 0.1) is 5.92 Å². The molecule has 2 aromatic rings. The molecule has 1 aliphatic rings. The zero-order valence-corrected chi connectivity index (χ0v) is 19.6. The van der Waals surface area contributed by atoms with E-state index in [4.69, 9.17) is 9.84 Å². The number of carboxylic acid groups (broad SMARTS) is 1. The molecule has 0 aliphatic heterocycles. The first-order valence-corrected chi connectivity index (χ1v) is 11.4. The van der Waals surface area contributed by atoms with Crippen LogP contribution in [0.2, 0.25) is 0 Å². The fraction of sp³-hybridized carbons (Fsp3) is 0.542. The standard InChI is InChI=1S/C24H31F3N4O3/c1-15(2)13-23(3,31-22(32)33)14-34-20-9-8-16(12-18(20)24(25,26)27)19-10-11-28-21(30-19)29-17-6-4-5-7-17/h8-12,15,17,31H,4-7,13-14H2,1-3H3,(H,32,33)(H,28,29,30). The van der Waals surface area contributed by atoms with E-state index in [1.165, 1.54) is 18.3 Å². The van der Waals surface area contributed by atoms with E-state index < -0.39 is 23.4 Å². The van der Waals surface area contributed by atoms with Crippen LogP contribution in [0.1, 0.15) is 58.4 Å². The average Bonchev–Trinajstić information content (AvgIpc) is 3.23. The van der Waals surface area contributed by atoms with Gasteiger partial charge < -0.3 is 20.5 Å². The highest BCUT2D eigenvalue weighted by molar-refractivity contribution is 5.66. The van der Waals surface area contributed by atoms with Gasteiger partial charge in [0.1, 0.15) is 12.4 Å². The number of halogens is 3. The van der Waals surface area contributed by atoms with Crippen molar-refractivity contribution >= 4 is 12.0 Å². The minimum atomic E-state index is -4.67. The maximum atomic E-state index is 13.9. The van der Waals surface area contributed by atoms with Crippen LogP contribution in [-0.2, 0) is 6.18 Å². The Kier molecular flexibility index (Phi) is 7.89. The number of alkyl halides is 3. The van der Waals surface area contributed by atoms with Crippen LogP contribution < -0.4 is 15.4 Å². The summed E-state index contributed by atoms with van der Waals surface area (Å²) in [5.41, 5.74) is -1.35. The molecule has 0 saturated heterocycles. The number of benzene rings is 1. The zero-order chi connectivity index (χ0) is 24.9. The first-order chi connectivity index (χ1) is 15.9. The Balaban J connectivity index is 1.85. The lowest BCUT2D eigenvalue weighted by Gasteiger charge is -2.31. The summed E-state index contributed by atoms with van der Waals surface area (Å²) < 4.78 is 47.2. The number of nitrogens with one attached hydrogen (secondary N) is 2. The van der Waals surface area contributed by atoms with Crippen molar-refractivity contribution < 1.29 is 27.8 Å². The first kappa shape index (κ1) is 25.6. The van der Waals surface area contributed by atoms with E-state index in [0.717, 1.165) is 31.7 Å². The van der Waals surface area contributed by atoms with Crippen LogP contribution in [0.4, 0.5) is 23.9 Å². The summed E-state index contributed by atoms with van der Waals surface area (Å²) >= 11 is 0. The molecular formula is C24H31F3N4O3. The summed E-state index contributed by atoms with van der Waals surface area (Å²) in [4.78, 5) is 19.8. The van der Waals surface area contributed by atoms with E-state index in [-0.39, 0.29) is 29.9 Å². The van der Waals surface area contributed by atoms with Crippen LogP contribution in [-0.4, -0.2) is 39.4 Å². The van der Waals surface area contributed by atoms with Gasteiger partial charge in [0, 0.05) is 17.8 Å². The maximum absolute atomic E-state index is 13.9. The van der Waals surface area contributed by atoms with E-state index in [9.17, 15) is 18.0 Å². The smallest absolute Gasteiger partial charge is 0.419 e. The number of aromatic nitrogens is 2. The Morgan fingerprint density at radius 2 is 1.94 bits per heavy atom. The summed E-state index contributed by atoms with van der Waals surface area (Å²) in [5.74, 6) is 0.133. The van der Waals surface area contributed by atoms with Crippen LogP contribution in [0.3, 0.4) is 0 Å². The molecule has 3 rings (SSSR count). The number of ether oxygens (including phenoxy) is 1. The molecule has 3 N–H and O–H groups in total. The van der Waals surface area contributed by atoms with Gasteiger partial charge in [-0.3, -0.25) is 0 Å². The number of hydrogen-bond acceptors (Lipinski definition) is 5. The van der Waals surface area contributed by atoms with Crippen molar-refractivity contribution in [3.8, 4) is 17.0 Å². The van der Waals surface area contributed by atoms with Crippen molar-refractivity contribution in [3.05, 3.63) is 36.0 Å². The van der Waals surface area contributed by atoms with Gasteiger partial charge in [0.2, 0.25) is 5.95 Å². The molecule has 0 bridgehead atoms. The number of nitrogens with zero attached hydrogens (tertiary/aromatic N) is 2. The third-order valence-electron chi connectivity index (χ3n) is 5.74. The molecule has 1 saturated carbocycles. The lowest BCUT2D eigenvalue weighted by Crippen LogP contribution is -2.50. The molecule has 1 heterocycles. The number of anilines is 1. The molecule has 10 heteroatoms. The number of carbonyl (C=O) groups is 1. The maximum Gasteiger partial charge on any atom is 0.419 e. The highest BCUT2D eigenvalue weighted by Gasteiger charge is 2.36. The van der Waals surface area contributed by atoms with Gasteiger partial charge >= 0.3 is 12.3 Å². The fourth-order valence-corrected chi connectivity index (χ4v) is 4.42. The van der Waals surface area contributed by atoms with Crippen molar-refractivity contribution in [1.82, 2.24) is 15.3 Å². The van der Waals surface area contributed by atoms with Gasteiger partial charge in [-0.1, -0.05) is 26.7 Å². The topological polar surface area (TPSA) is 96.4 Å². The van der Waals surface area contributed by atoms with Gasteiger partial charge in [0.25, 0.3) is 0 Å². The molecule has 1 atom stereocenters. The minimum Gasteiger partial charge on any atom is -0.491 e. The van der Waals surface area contributed by atoms with E-state index in [2.05, 4.69) is 20.6 Å². The Hall–Kier alpha value is -3.04. The van der Waals surface area contributed by atoms with Gasteiger partial charge in [0.05, 0.1) is 16.8 Å². The van der Waals surface area contributed by atoms with E-state index in [1.54, 1.807) is 13.0 Å². The van der Waals surface area contributed by atoms with Gasteiger partial charge in [-0.2, -0.15) is 13.2 Å². The van der Waals surface area contributed by atoms with Gasteiger partial charge in [-0.25, -0.2) is 14.8 Å². The predicted molar refractivity (Wildman–Crippen MR) is 123 cm³/mol. The minimum absolute atomic E-state index is 0.106. The number of rotatable bonds is 9. The SMILES string of the molecule is CC(C)CC(C)(COc1ccc(-c2ccnc(NC3CCCC3)n2)cc1C(F)(F)F)NC(=O)O. The second-order valence-electron chi connectivity index (χ2n) is 9.48. The Morgan fingerprint density at radius 1 is 1.24 bits per heavy atom. The molecule has 1 aliphatic carbocycles. The fourth-order valence-electron chi connectivity index (χ4n) is 4.42. The normalized spacial score (nSPS) is 16.3. The van der Waals surface area contributed by atoms with Gasteiger partial charge in [-0.05, 0) is 56.4 Å². The Morgan fingerprint density at radius 3 is 2.56 bits per heavy atom. The van der Waals surface area contributed by atoms with Crippen molar-refractivity contribution in [1.29, 1.82) is 0 Å². The third-order valence-corrected chi connectivity index (χ3v) is 5.74. The second-order valence-corrected chi connectivity index (χ2v) is 9.48. The highest BCUT2D eigenvalue weighted by Crippen LogP contribution is 2.39. The van der Waals surface area contributed by atoms with Crippen molar-refractivity contribution in [3.63, 3.8) is 0 Å². The molecule has 186 valence electrons. The Bertz CT molecular complexity index is 994. The summed E-state index contributed by atoms with van der Waals surface area (Å²) in [5, 5.41) is 14.8. The van der Waals surface area contributed by atoms with Crippen LogP contribution >= 0.6 is 0 Å². The van der Waals surface area contributed by atoms with Gasteiger partial charge in [-0.15, -0.1) is 0 Å². The van der Waals surface area contributed by atoms with E-state index in [1.807, 2.05) is 13.8 Å². The molecule has 7 nitrogen and oxygen atoms in total. The second kappa shape index (κ2) is 10.5. The molecule has 1 amide bonds. The number of hydrogen-bond donors (Lipinski definition) is 3. The van der Waals surface area contributed by atoms with Crippen LogP contribution in [0.25, 0.3) is 11.3 Å². The highest BCUT2D eigenvalue weighted by atomic mass is 19.4. The van der Waals surface area contributed by atoms with E-state index >= 15 is 0 Å². The van der Waals surface area contributed by atoms with Gasteiger partial charge in [0.15, 0.2) is 0 Å². The third kappa shape index (κ3) is 6.98.